The Hall–Kier alpha value is -2.68. The highest BCUT2D eigenvalue weighted by molar-refractivity contribution is 6.12. The summed E-state index contributed by atoms with van der Waals surface area (Å²) in [4.78, 5) is 25.0. The first-order valence-electron chi connectivity index (χ1n) is 7.84. The predicted octanol–water partition coefficient (Wildman–Crippen LogP) is 3.01. The Labute approximate surface area is 136 Å². The molecule has 0 aliphatic carbocycles. The summed E-state index contributed by atoms with van der Waals surface area (Å²) in [5.41, 5.74) is 2.45. The normalized spacial score (nSPS) is 14.0. The third kappa shape index (κ3) is 3.95. The lowest BCUT2D eigenvalue weighted by molar-refractivity contribution is -0.137. The summed E-state index contributed by atoms with van der Waals surface area (Å²) in [6, 6.07) is 20.4. The molecule has 3 nitrogen and oxygen atoms in total. The van der Waals surface area contributed by atoms with Crippen LogP contribution in [0, 0.1) is 5.92 Å². The standard InChI is InChI=1S/C20H19NO2/c22-19-11-12-20(23)21(19)15-18(13-16-7-3-1-4-8-16)14-17-9-5-2-6-10-17/h1-12,18H,13-15H2. The van der Waals surface area contributed by atoms with E-state index in [1.54, 1.807) is 0 Å². The van der Waals surface area contributed by atoms with Crippen molar-refractivity contribution in [1.29, 1.82) is 0 Å². The van der Waals surface area contributed by atoms with E-state index in [4.69, 9.17) is 0 Å². The molecule has 116 valence electrons. The van der Waals surface area contributed by atoms with E-state index >= 15 is 0 Å². The van der Waals surface area contributed by atoms with Crippen LogP contribution in [0.15, 0.2) is 72.8 Å². The zero-order valence-electron chi connectivity index (χ0n) is 12.9. The van der Waals surface area contributed by atoms with Gasteiger partial charge in [0.15, 0.2) is 0 Å². The molecule has 3 rings (SSSR count). The van der Waals surface area contributed by atoms with Gasteiger partial charge in [0.05, 0.1) is 0 Å². The maximum Gasteiger partial charge on any atom is 0.253 e. The summed E-state index contributed by atoms with van der Waals surface area (Å²) in [6.45, 7) is 0.453. The van der Waals surface area contributed by atoms with E-state index in [1.165, 1.54) is 28.2 Å². The molecule has 0 saturated carbocycles. The average Bonchev–Trinajstić information content (AvgIpc) is 2.89. The summed E-state index contributed by atoms with van der Waals surface area (Å²) >= 11 is 0. The summed E-state index contributed by atoms with van der Waals surface area (Å²) in [6.07, 6.45) is 4.38. The third-order valence-electron chi connectivity index (χ3n) is 4.08. The highest BCUT2D eigenvalue weighted by atomic mass is 16.2. The van der Waals surface area contributed by atoms with Gasteiger partial charge in [0.1, 0.15) is 0 Å². The van der Waals surface area contributed by atoms with Crippen LogP contribution in [-0.4, -0.2) is 23.3 Å². The van der Waals surface area contributed by atoms with E-state index in [-0.39, 0.29) is 17.7 Å². The Kier molecular flexibility index (Phi) is 4.67. The monoisotopic (exact) mass is 305 g/mol. The molecule has 1 heterocycles. The zero-order chi connectivity index (χ0) is 16.1. The maximum atomic E-state index is 11.8. The SMILES string of the molecule is O=C1C=CC(=O)N1CC(Cc1ccccc1)Cc1ccccc1. The van der Waals surface area contributed by atoms with Gasteiger partial charge in [-0.15, -0.1) is 0 Å². The van der Waals surface area contributed by atoms with Crippen LogP contribution in [0.5, 0.6) is 0 Å². The molecule has 23 heavy (non-hydrogen) atoms. The molecule has 2 aromatic rings. The van der Waals surface area contributed by atoms with E-state index in [9.17, 15) is 9.59 Å². The predicted molar refractivity (Wildman–Crippen MR) is 89.6 cm³/mol. The number of nitrogens with zero attached hydrogens (tertiary/aromatic N) is 1. The van der Waals surface area contributed by atoms with Gasteiger partial charge in [-0.1, -0.05) is 60.7 Å². The van der Waals surface area contributed by atoms with Crippen molar-refractivity contribution in [1.82, 2.24) is 4.90 Å². The van der Waals surface area contributed by atoms with Crippen molar-refractivity contribution in [2.24, 2.45) is 5.92 Å². The topological polar surface area (TPSA) is 37.4 Å². The van der Waals surface area contributed by atoms with E-state index in [0.717, 1.165) is 12.8 Å². The van der Waals surface area contributed by atoms with Crippen LogP contribution in [0.4, 0.5) is 0 Å². The Morgan fingerprint density at radius 2 is 1.13 bits per heavy atom. The highest BCUT2D eigenvalue weighted by Crippen LogP contribution is 2.18. The minimum atomic E-state index is -0.207. The van der Waals surface area contributed by atoms with Gasteiger partial charge in [-0.05, 0) is 29.9 Å². The molecule has 0 N–H and O–H groups in total. The molecule has 0 aromatic heterocycles. The Balaban J connectivity index is 1.75. The second-order valence-electron chi connectivity index (χ2n) is 5.87. The number of hydrogen-bond donors (Lipinski definition) is 0. The summed E-state index contributed by atoms with van der Waals surface area (Å²) in [7, 11) is 0. The second kappa shape index (κ2) is 7.05. The minimum absolute atomic E-state index is 0.201. The van der Waals surface area contributed by atoms with Crippen LogP contribution in [0.25, 0.3) is 0 Å². The van der Waals surface area contributed by atoms with Gasteiger partial charge >= 0.3 is 0 Å². The van der Waals surface area contributed by atoms with E-state index in [1.807, 2.05) is 36.4 Å². The van der Waals surface area contributed by atoms with Crippen LogP contribution in [-0.2, 0) is 22.4 Å². The Bertz CT molecular complexity index is 647. The van der Waals surface area contributed by atoms with Crippen molar-refractivity contribution >= 4 is 11.8 Å². The summed E-state index contributed by atoms with van der Waals surface area (Å²) in [5, 5.41) is 0. The zero-order valence-corrected chi connectivity index (χ0v) is 12.9. The summed E-state index contributed by atoms with van der Waals surface area (Å²) in [5.74, 6) is -0.213. The van der Waals surface area contributed by atoms with Crippen molar-refractivity contribution in [2.75, 3.05) is 6.54 Å². The molecule has 0 radical (unpaired) electrons. The van der Waals surface area contributed by atoms with E-state index < -0.39 is 0 Å². The van der Waals surface area contributed by atoms with Crippen LogP contribution >= 0.6 is 0 Å². The lowest BCUT2D eigenvalue weighted by Crippen LogP contribution is -2.36. The number of carbonyl (C=O) groups is 2. The van der Waals surface area contributed by atoms with Gasteiger partial charge in [0.2, 0.25) is 0 Å². The quantitative estimate of drug-likeness (QED) is 0.769. The molecule has 0 saturated heterocycles. The lowest BCUT2D eigenvalue weighted by atomic mass is 9.92. The number of benzene rings is 2. The fourth-order valence-electron chi connectivity index (χ4n) is 2.97. The smallest absolute Gasteiger partial charge is 0.253 e. The van der Waals surface area contributed by atoms with E-state index in [0.29, 0.717) is 6.54 Å². The Morgan fingerprint density at radius 3 is 1.57 bits per heavy atom. The lowest BCUT2D eigenvalue weighted by Gasteiger charge is -2.23. The van der Waals surface area contributed by atoms with Gasteiger partial charge in [0, 0.05) is 18.7 Å². The van der Waals surface area contributed by atoms with Crippen LogP contribution in [0.1, 0.15) is 11.1 Å². The van der Waals surface area contributed by atoms with Crippen LogP contribution < -0.4 is 0 Å². The van der Waals surface area contributed by atoms with Gasteiger partial charge in [-0.25, -0.2) is 0 Å². The maximum absolute atomic E-state index is 11.8. The average molecular weight is 305 g/mol. The number of carbonyl (C=O) groups excluding carboxylic acids is 2. The first-order chi connectivity index (χ1) is 11.2. The first kappa shape index (κ1) is 15.2. The second-order valence-corrected chi connectivity index (χ2v) is 5.87. The number of hydrogen-bond acceptors (Lipinski definition) is 2. The fraction of sp³-hybridized carbons (Fsp3) is 0.200. The first-order valence-corrected chi connectivity index (χ1v) is 7.84. The molecule has 0 atom stereocenters. The van der Waals surface area contributed by atoms with Crippen molar-refractivity contribution < 1.29 is 9.59 Å². The van der Waals surface area contributed by atoms with Crippen molar-refractivity contribution in [3.63, 3.8) is 0 Å². The minimum Gasteiger partial charge on any atom is -0.275 e. The highest BCUT2D eigenvalue weighted by Gasteiger charge is 2.26. The molecule has 2 amide bonds. The Morgan fingerprint density at radius 1 is 0.696 bits per heavy atom. The molecule has 3 heteroatoms. The molecule has 1 aliphatic heterocycles. The van der Waals surface area contributed by atoms with Gasteiger partial charge < -0.3 is 0 Å². The molecule has 1 aliphatic rings. The van der Waals surface area contributed by atoms with Crippen molar-refractivity contribution in [3.05, 3.63) is 83.9 Å². The van der Waals surface area contributed by atoms with Gasteiger partial charge in [-0.2, -0.15) is 0 Å². The fourth-order valence-corrected chi connectivity index (χ4v) is 2.97. The van der Waals surface area contributed by atoms with Crippen molar-refractivity contribution in [2.45, 2.75) is 12.8 Å². The van der Waals surface area contributed by atoms with Gasteiger partial charge in [0.25, 0.3) is 11.8 Å². The summed E-state index contributed by atoms with van der Waals surface area (Å²) < 4.78 is 0. The number of rotatable bonds is 6. The molecule has 0 fully saturated rings. The number of imide groups is 1. The molecule has 2 aromatic carbocycles. The largest absolute Gasteiger partial charge is 0.275 e. The number of amides is 2. The molecule has 0 spiro atoms. The van der Waals surface area contributed by atoms with Crippen LogP contribution in [0.3, 0.4) is 0 Å². The van der Waals surface area contributed by atoms with Crippen LogP contribution in [0.2, 0.25) is 0 Å². The van der Waals surface area contributed by atoms with E-state index in [2.05, 4.69) is 24.3 Å². The van der Waals surface area contributed by atoms with Gasteiger partial charge in [-0.3, -0.25) is 14.5 Å². The molecular weight excluding hydrogens is 286 g/mol. The molecular formula is C20H19NO2. The molecule has 0 unspecified atom stereocenters. The van der Waals surface area contributed by atoms with Crippen molar-refractivity contribution in [3.8, 4) is 0 Å². The molecule has 0 bridgehead atoms. The third-order valence-corrected chi connectivity index (χ3v) is 4.08.